The second kappa shape index (κ2) is 12.0. The summed E-state index contributed by atoms with van der Waals surface area (Å²) < 4.78 is 4.56. The zero-order chi connectivity index (χ0) is 30.5. The Morgan fingerprint density at radius 3 is 2.15 bits per heavy atom. The Bertz CT molecular complexity index is 2480. The Morgan fingerprint density at radius 2 is 1.26 bits per heavy atom. The van der Waals surface area contributed by atoms with E-state index in [-0.39, 0.29) is 21.1 Å². The summed E-state index contributed by atoms with van der Waals surface area (Å²) >= 11 is 0. The molecular weight excluding hydrogens is 756 g/mol. The third-order valence-electron chi connectivity index (χ3n) is 8.62. The summed E-state index contributed by atoms with van der Waals surface area (Å²) in [6, 6.07) is 59.6. The van der Waals surface area contributed by atoms with Gasteiger partial charge in [0.15, 0.2) is 0 Å². The van der Waals surface area contributed by atoms with Crippen molar-refractivity contribution in [3.63, 3.8) is 0 Å². The molecule has 47 heavy (non-hydrogen) atoms. The zero-order valence-corrected chi connectivity index (χ0v) is 27.4. The van der Waals surface area contributed by atoms with Crippen LogP contribution in [0, 0.1) is 12.1 Å². The number of nitrogens with zero attached hydrogens (tertiary/aromatic N) is 4. The fourth-order valence-electron chi connectivity index (χ4n) is 6.57. The number of fused-ring (bicyclic) bond motifs is 4. The van der Waals surface area contributed by atoms with Crippen LogP contribution in [-0.4, -0.2) is 19.1 Å². The van der Waals surface area contributed by atoms with E-state index >= 15 is 0 Å². The molecule has 0 radical (unpaired) electrons. The normalized spacial score (nSPS) is 11.2. The molecule has 224 valence electrons. The molecule has 0 atom stereocenters. The van der Waals surface area contributed by atoms with E-state index in [0.717, 1.165) is 72.6 Å². The van der Waals surface area contributed by atoms with Gasteiger partial charge in [-0.15, -0.1) is 35.2 Å². The van der Waals surface area contributed by atoms with E-state index in [1.807, 2.05) is 30.5 Å². The third-order valence-corrected chi connectivity index (χ3v) is 8.62. The van der Waals surface area contributed by atoms with Crippen molar-refractivity contribution in [2.45, 2.75) is 0 Å². The second-order valence-electron chi connectivity index (χ2n) is 11.3. The largest absolute Gasteiger partial charge is 2.00 e. The molecule has 9 rings (SSSR count). The van der Waals surface area contributed by atoms with E-state index in [4.69, 9.17) is 4.98 Å². The summed E-state index contributed by atoms with van der Waals surface area (Å²) in [5.74, 6) is 0.806. The predicted octanol–water partition coefficient (Wildman–Crippen LogP) is 10.1. The fourth-order valence-corrected chi connectivity index (χ4v) is 6.57. The summed E-state index contributed by atoms with van der Waals surface area (Å²) in [5.41, 5.74) is 11.1. The molecule has 0 saturated heterocycles. The quantitative estimate of drug-likeness (QED) is 0.163. The van der Waals surface area contributed by atoms with Crippen LogP contribution >= 0.6 is 0 Å². The minimum absolute atomic E-state index is 0. The summed E-state index contributed by atoms with van der Waals surface area (Å²) in [6.45, 7) is 0. The molecule has 0 saturated carbocycles. The van der Waals surface area contributed by atoms with Crippen molar-refractivity contribution in [2.75, 3.05) is 0 Å². The van der Waals surface area contributed by atoms with E-state index in [0.29, 0.717) is 0 Å². The van der Waals surface area contributed by atoms with Gasteiger partial charge in [0.25, 0.3) is 0 Å². The van der Waals surface area contributed by atoms with Crippen LogP contribution in [0.5, 0.6) is 0 Å². The number of rotatable bonds is 5. The average molecular weight is 782 g/mol. The van der Waals surface area contributed by atoms with Crippen LogP contribution in [0.3, 0.4) is 0 Å². The minimum atomic E-state index is 0. The van der Waals surface area contributed by atoms with Crippen molar-refractivity contribution in [3.8, 4) is 45.1 Å². The van der Waals surface area contributed by atoms with Crippen molar-refractivity contribution < 1.29 is 21.1 Å². The Balaban J connectivity index is 0.00000324. The molecule has 0 aliphatic rings. The van der Waals surface area contributed by atoms with Gasteiger partial charge in [-0.25, -0.2) is 4.98 Å². The Labute approximate surface area is 286 Å². The maximum Gasteiger partial charge on any atom is 2.00 e. The topological polar surface area (TPSA) is 35.6 Å². The van der Waals surface area contributed by atoms with Crippen LogP contribution < -0.4 is 0 Å². The summed E-state index contributed by atoms with van der Waals surface area (Å²) in [5, 5.41) is 2.31. The molecule has 0 aliphatic heterocycles. The van der Waals surface area contributed by atoms with Crippen molar-refractivity contribution in [1.29, 1.82) is 0 Å². The molecule has 9 aromatic rings. The van der Waals surface area contributed by atoms with Crippen molar-refractivity contribution in [1.82, 2.24) is 19.1 Å². The number of benzene rings is 6. The van der Waals surface area contributed by atoms with Crippen LogP contribution in [0.25, 0.3) is 78.0 Å². The molecule has 5 heteroatoms. The van der Waals surface area contributed by atoms with E-state index in [2.05, 4.69) is 154 Å². The van der Waals surface area contributed by atoms with Crippen LogP contribution in [0.15, 0.2) is 158 Å². The molecule has 0 amide bonds. The van der Waals surface area contributed by atoms with Crippen LogP contribution in [-0.2, 0) is 21.1 Å². The van der Waals surface area contributed by atoms with Gasteiger partial charge in [0.1, 0.15) is 0 Å². The molecule has 0 aliphatic carbocycles. The smallest absolute Gasteiger partial charge is 0.304 e. The van der Waals surface area contributed by atoms with Gasteiger partial charge >= 0.3 is 21.1 Å². The van der Waals surface area contributed by atoms with Gasteiger partial charge in [0.05, 0.1) is 16.7 Å². The number of aromatic nitrogens is 4. The Kier molecular flexibility index (Phi) is 7.36. The molecule has 6 aromatic carbocycles. The Hall–Kier alpha value is -5.57. The van der Waals surface area contributed by atoms with Gasteiger partial charge in [-0.2, -0.15) is 24.3 Å². The van der Waals surface area contributed by atoms with Gasteiger partial charge < -0.3 is 4.57 Å². The monoisotopic (exact) mass is 781 g/mol. The van der Waals surface area contributed by atoms with Gasteiger partial charge in [-0.1, -0.05) is 108 Å². The summed E-state index contributed by atoms with van der Waals surface area (Å²) in [7, 11) is 0. The number of para-hydroxylation sites is 4. The number of imidazole rings is 1. The molecular formula is C42H26N4Pt. The van der Waals surface area contributed by atoms with Crippen LogP contribution in [0.4, 0.5) is 0 Å². The number of hydrogen-bond acceptors (Lipinski definition) is 2. The molecule has 0 fully saturated rings. The second-order valence-corrected chi connectivity index (χ2v) is 11.3. The number of pyridine rings is 1. The maximum absolute atomic E-state index is 5.52. The first kappa shape index (κ1) is 28.9. The fraction of sp³-hybridized carbons (Fsp3) is 0. The van der Waals surface area contributed by atoms with E-state index in [9.17, 15) is 0 Å². The standard InChI is InChI=1S/C42H26N4.Pt/c1-2-14-29(15-3-1)32-18-4-7-23-37(32)46-40-26-13-21-33(30-16-12-17-31(28-30)36-22-10-11-27-43-36)41(40)44-42(46)45-38-24-8-5-19-34(38)35-20-6-9-25-39(35)45;/h1-24,26-27H;/q-2;+2. The third kappa shape index (κ3) is 4.81. The molecule has 0 N–H and O–H groups in total. The van der Waals surface area contributed by atoms with Gasteiger partial charge in [0, 0.05) is 23.0 Å². The van der Waals surface area contributed by atoms with Crippen LogP contribution in [0.1, 0.15) is 0 Å². The molecule has 3 heterocycles. The van der Waals surface area contributed by atoms with Gasteiger partial charge in [0.2, 0.25) is 5.95 Å². The first-order valence-electron chi connectivity index (χ1n) is 15.4. The van der Waals surface area contributed by atoms with Crippen molar-refractivity contribution in [3.05, 3.63) is 170 Å². The molecule has 0 unspecified atom stereocenters. The van der Waals surface area contributed by atoms with E-state index in [1.165, 1.54) is 5.39 Å². The Morgan fingerprint density at radius 1 is 0.532 bits per heavy atom. The molecule has 3 aromatic heterocycles. The molecule has 0 bridgehead atoms. The first-order chi connectivity index (χ1) is 22.8. The molecule has 4 nitrogen and oxygen atoms in total. The predicted molar refractivity (Wildman–Crippen MR) is 187 cm³/mol. The maximum atomic E-state index is 5.52. The van der Waals surface area contributed by atoms with E-state index in [1.54, 1.807) is 0 Å². The zero-order valence-electron chi connectivity index (χ0n) is 25.1. The molecule has 0 spiro atoms. The van der Waals surface area contributed by atoms with Crippen LogP contribution in [0.2, 0.25) is 0 Å². The van der Waals surface area contributed by atoms with Crippen molar-refractivity contribution >= 4 is 32.8 Å². The van der Waals surface area contributed by atoms with Crippen molar-refractivity contribution in [2.24, 2.45) is 0 Å². The number of hydrogen-bond donors (Lipinski definition) is 0. The summed E-state index contributed by atoms with van der Waals surface area (Å²) in [6.07, 6.45) is 1.82. The van der Waals surface area contributed by atoms with Gasteiger partial charge in [-0.3, -0.25) is 9.55 Å². The SMILES string of the molecule is [Pt+2].[c-]1c(-c2ccccn2)cccc1-c1cccc2c1nc(-n1c3[c-]cccc3c3ccccc31)n2-c1ccccc1-c1ccccc1. The van der Waals surface area contributed by atoms with E-state index < -0.39 is 0 Å². The minimum Gasteiger partial charge on any atom is -0.304 e. The van der Waals surface area contributed by atoms with Gasteiger partial charge in [-0.05, 0) is 35.2 Å². The average Bonchev–Trinajstić information content (AvgIpc) is 3.68. The summed E-state index contributed by atoms with van der Waals surface area (Å²) in [4.78, 5) is 10.1. The first-order valence-corrected chi connectivity index (χ1v) is 15.4.